The lowest BCUT2D eigenvalue weighted by Gasteiger charge is -2.18. The highest BCUT2D eigenvalue weighted by molar-refractivity contribution is 8.15. The molecule has 3 rings (SSSR count). The number of benzene rings is 2. The van der Waals surface area contributed by atoms with Gasteiger partial charge in [0.25, 0.3) is 10.0 Å². The lowest BCUT2D eigenvalue weighted by Crippen LogP contribution is -2.17. The van der Waals surface area contributed by atoms with Gasteiger partial charge in [-0.15, -0.1) is 4.40 Å². The van der Waals surface area contributed by atoms with Gasteiger partial charge in [-0.1, -0.05) is 18.2 Å². The third-order valence-electron chi connectivity index (χ3n) is 2.98. The summed E-state index contributed by atoms with van der Waals surface area (Å²) in [5, 5.41) is 2.92. The molecule has 0 saturated carbocycles. The Morgan fingerprint density at radius 3 is 2.39 bits per heavy atom. The van der Waals surface area contributed by atoms with Crippen molar-refractivity contribution < 1.29 is 21.6 Å². The van der Waals surface area contributed by atoms with Crippen molar-refractivity contribution in [1.29, 1.82) is 0 Å². The van der Waals surface area contributed by atoms with Crippen molar-refractivity contribution in [2.75, 3.05) is 5.32 Å². The van der Waals surface area contributed by atoms with Crippen LogP contribution in [0.15, 0.2) is 62.7 Å². The maximum absolute atomic E-state index is 12.7. The average Bonchev–Trinajstić information content (AvgIpc) is 2.46. The number of thioether (sulfide) groups is 1. The second kappa shape index (κ2) is 5.57. The number of fused-ring (bicyclic) bond motifs is 1. The van der Waals surface area contributed by atoms with Gasteiger partial charge in [-0.05, 0) is 42.1 Å². The zero-order valence-corrected chi connectivity index (χ0v) is 13.0. The van der Waals surface area contributed by atoms with Crippen LogP contribution in [0.4, 0.5) is 18.9 Å². The minimum absolute atomic E-state index is 0.0865. The Labute approximate surface area is 134 Å². The van der Waals surface area contributed by atoms with E-state index in [1.165, 1.54) is 0 Å². The van der Waals surface area contributed by atoms with Crippen molar-refractivity contribution in [3.8, 4) is 0 Å². The van der Waals surface area contributed by atoms with E-state index >= 15 is 0 Å². The second-order valence-corrected chi connectivity index (χ2v) is 7.23. The van der Waals surface area contributed by atoms with Crippen LogP contribution in [0.1, 0.15) is 5.56 Å². The highest BCUT2D eigenvalue weighted by atomic mass is 32.2. The van der Waals surface area contributed by atoms with Crippen molar-refractivity contribution in [1.82, 2.24) is 0 Å². The average molecular weight is 358 g/mol. The molecule has 0 spiro atoms. The molecule has 4 nitrogen and oxygen atoms in total. The number of amidine groups is 1. The van der Waals surface area contributed by atoms with Gasteiger partial charge in [-0.3, -0.25) is 0 Å². The Hall–Kier alpha value is -2.00. The molecule has 0 amide bonds. The third-order valence-corrected chi connectivity index (χ3v) is 5.51. The summed E-state index contributed by atoms with van der Waals surface area (Å²) in [5.41, 5.74) is -0.389. The van der Waals surface area contributed by atoms with Gasteiger partial charge in [0.1, 0.15) is 4.90 Å². The van der Waals surface area contributed by atoms with E-state index in [0.717, 1.165) is 23.9 Å². The van der Waals surface area contributed by atoms with E-state index in [4.69, 9.17) is 0 Å². The SMILES string of the molecule is O=S1(=O)N=C(Nc2ccccc2)Sc2ccc(C(F)(F)F)cc21. The van der Waals surface area contributed by atoms with Crippen molar-refractivity contribution in [3.05, 3.63) is 54.1 Å². The minimum Gasteiger partial charge on any atom is -0.334 e. The molecule has 0 unspecified atom stereocenters. The molecule has 2 aromatic carbocycles. The van der Waals surface area contributed by atoms with Gasteiger partial charge >= 0.3 is 6.18 Å². The van der Waals surface area contributed by atoms with Gasteiger partial charge in [-0.25, -0.2) is 0 Å². The number of halogens is 3. The van der Waals surface area contributed by atoms with E-state index in [0.29, 0.717) is 11.8 Å². The van der Waals surface area contributed by atoms with Crippen LogP contribution < -0.4 is 5.32 Å². The van der Waals surface area contributed by atoms with Crippen LogP contribution in [0.2, 0.25) is 0 Å². The predicted molar refractivity (Wildman–Crippen MR) is 82.0 cm³/mol. The Morgan fingerprint density at radius 1 is 1.04 bits per heavy atom. The number of nitrogens with zero attached hydrogens (tertiary/aromatic N) is 1. The molecule has 0 radical (unpaired) electrons. The third kappa shape index (κ3) is 3.35. The number of nitrogens with one attached hydrogen (secondary N) is 1. The number of hydrogen-bond donors (Lipinski definition) is 1. The summed E-state index contributed by atoms with van der Waals surface area (Å²) in [7, 11) is -4.19. The van der Waals surface area contributed by atoms with E-state index in [1.54, 1.807) is 30.3 Å². The molecule has 1 N–H and O–H groups in total. The summed E-state index contributed by atoms with van der Waals surface area (Å²) in [6.45, 7) is 0. The number of anilines is 1. The normalized spacial score (nSPS) is 16.4. The largest absolute Gasteiger partial charge is 0.416 e. The lowest BCUT2D eigenvalue weighted by molar-refractivity contribution is -0.137. The second-order valence-electron chi connectivity index (χ2n) is 4.62. The van der Waals surface area contributed by atoms with Crippen molar-refractivity contribution in [3.63, 3.8) is 0 Å². The van der Waals surface area contributed by atoms with Crippen LogP contribution in [0.5, 0.6) is 0 Å². The van der Waals surface area contributed by atoms with Crippen LogP contribution in [0.25, 0.3) is 0 Å². The van der Waals surface area contributed by atoms with Gasteiger partial charge in [0, 0.05) is 10.6 Å². The smallest absolute Gasteiger partial charge is 0.334 e. The highest BCUT2D eigenvalue weighted by Crippen LogP contribution is 2.38. The number of sulfonamides is 1. The van der Waals surface area contributed by atoms with Gasteiger partial charge in [0.2, 0.25) is 0 Å². The topological polar surface area (TPSA) is 58.5 Å². The van der Waals surface area contributed by atoms with Crippen LogP contribution >= 0.6 is 11.8 Å². The summed E-state index contributed by atoms with van der Waals surface area (Å²) in [5.74, 6) is 0. The molecule has 1 aliphatic heterocycles. The number of rotatable bonds is 1. The van der Waals surface area contributed by atoms with Crippen LogP contribution in [-0.4, -0.2) is 13.6 Å². The van der Waals surface area contributed by atoms with Crippen molar-refractivity contribution in [2.24, 2.45) is 4.40 Å². The molecule has 0 fully saturated rings. The summed E-state index contributed by atoms with van der Waals surface area (Å²) in [6, 6.07) is 11.4. The van der Waals surface area contributed by atoms with E-state index in [9.17, 15) is 21.6 Å². The fourth-order valence-electron chi connectivity index (χ4n) is 1.94. The van der Waals surface area contributed by atoms with Gasteiger partial charge in [0.05, 0.1) is 5.56 Å². The summed E-state index contributed by atoms with van der Waals surface area (Å²) >= 11 is 0.966. The first-order valence-corrected chi connectivity index (χ1v) is 8.57. The Morgan fingerprint density at radius 2 is 1.74 bits per heavy atom. The minimum atomic E-state index is -4.61. The summed E-state index contributed by atoms with van der Waals surface area (Å²) in [6.07, 6.45) is -4.61. The molecule has 0 saturated heterocycles. The Kier molecular flexibility index (Phi) is 3.85. The summed E-state index contributed by atoms with van der Waals surface area (Å²) in [4.78, 5) is -0.234. The zero-order valence-electron chi connectivity index (χ0n) is 11.3. The zero-order chi connectivity index (χ0) is 16.7. The van der Waals surface area contributed by atoms with Crippen LogP contribution in [0, 0.1) is 0 Å². The van der Waals surface area contributed by atoms with E-state index in [2.05, 4.69) is 9.71 Å². The predicted octanol–water partition coefficient (Wildman–Crippen LogP) is 3.97. The van der Waals surface area contributed by atoms with E-state index < -0.39 is 26.7 Å². The monoisotopic (exact) mass is 358 g/mol. The van der Waals surface area contributed by atoms with Crippen molar-refractivity contribution in [2.45, 2.75) is 16.0 Å². The first kappa shape index (κ1) is 15.9. The summed E-state index contributed by atoms with van der Waals surface area (Å²) < 4.78 is 66.0. The molecule has 120 valence electrons. The first-order chi connectivity index (χ1) is 10.8. The van der Waals surface area contributed by atoms with Crippen LogP contribution in [0.3, 0.4) is 0 Å². The molecular formula is C14H9F3N2O2S2. The fourth-order valence-corrected chi connectivity index (χ4v) is 4.46. The van der Waals surface area contributed by atoms with Crippen molar-refractivity contribution >= 4 is 32.6 Å². The van der Waals surface area contributed by atoms with E-state index in [1.807, 2.05) is 0 Å². The quantitative estimate of drug-likeness (QED) is 0.838. The Bertz CT molecular complexity index is 879. The molecular weight excluding hydrogens is 349 g/mol. The number of alkyl halides is 3. The molecule has 0 aromatic heterocycles. The lowest BCUT2D eigenvalue weighted by atomic mass is 10.2. The molecule has 1 aliphatic rings. The number of hydrogen-bond acceptors (Lipinski definition) is 4. The van der Waals surface area contributed by atoms with E-state index in [-0.39, 0.29) is 10.1 Å². The maximum atomic E-state index is 12.7. The van der Waals surface area contributed by atoms with Gasteiger partial charge in [0.15, 0.2) is 5.17 Å². The molecule has 9 heteroatoms. The molecule has 0 bridgehead atoms. The molecule has 0 aliphatic carbocycles. The highest BCUT2D eigenvalue weighted by Gasteiger charge is 2.34. The molecule has 2 aromatic rings. The van der Waals surface area contributed by atoms with Gasteiger partial charge in [-0.2, -0.15) is 21.6 Å². The first-order valence-electron chi connectivity index (χ1n) is 6.32. The number of para-hydroxylation sites is 1. The molecule has 23 heavy (non-hydrogen) atoms. The Balaban J connectivity index is 1.98. The molecule has 0 atom stereocenters. The molecule has 1 heterocycles. The van der Waals surface area contributed by atoms with Crippen LogP contribution in [-0.2, 0) is 16.2 Å². The standard InChI is InChI=1S/C14H9F3N2O2S2/c15-14(16,17)9-6-7-11-12(8-9)23(20,21)19-13(22-11)18-10-4-2-1-3-5-10/h1-8H,(H,18,19). The fraction of sp³-hybridized carbons (Fsp3) is 0.0714. The maximum Gasteiger partial charge on any atom is 0.416 e. The van der Waals surface area contributed by atoms with Gasteiger partial charge < -0.3 is 5.32 Å².